The van der Waals surface area contributed by atoms with Gasteiger partial charge in [0.05, 0.1) is 5.69 Å². The van der Waals surface area contributed by atoms with E-state index in [0.29, 0.717) is 5.69 Å². The topological polar surface area (TPSA) is 52.6 Å². The van der Waals surface area contributed by atoms with Crippen molar-refractivity contribution in [3.05, 3.63) is 54.1 Å². The maximum Gasteiger partial charge on any atom is 0.336 e. The molecule has 4 nitrogen and oxygen atoms in total. The zero-order valence-corrected chi connectivity index (χ0v) is 10.9. The first-order valence-corrected chi connectivity index (χ1v) is 5.92. The number of para-hydroxylation sites is 1. The van der Waals surface area contributed by atoms with Gasteiger partial charge in [-0.3, -0.25) is 0 Å². The normalized spacial score (nSPS) is 10.2. The van der Waals surface area contributed by atoms with Gasteiger partial charge in [-0.15, -0.1) is 0 Å². The molecule has 0 heterocycles. The number of hydrogen-bond donors (Lipinski definition) is 3. The van der Waals surface area contributed by atoms with Gasteiger partial charge in [0.15, 0.2) is 17.4 Å². The van der Waals surface area contributed by atoms with E-state index in [-0.39, 0.29) is 5.69 Å². The summed E-state index contributed by atoms with van der Waals surface area (Å²) in [5.74, 6) is -3.45. The van der Waals surface area contributed by atoms with Crippen LogP contribution in [0.2, 0.25) is 0 Å². The number of nitrogens with one attached hydrogen (secondary N) is 1. The minimum atomic E-state index is -1.17. The van der Waals surface area contributed by atoms with Crippen LogP contribution >= 0.6 is 12.8 Å². The van der Waals surface area contributed by atoms with Gasteiger partial charge in [-0.05, 0) is 12.1 Å². The van der Waals surface area contributed by atoms with Crippen LogP contribution in [-0.2, 0) is 0 Å². The maximum absolute atomic E-state index is 13.2. The molecule has 0 radical (unpaired) electrons. The largest absolute Gasteiger partial charge is 0.503 e. The Morgan fingerprint density at radius 1 is 1.15 bits per heavy atom. The summed E-state index contributed by atoms with van der Waals surface area (Å²) in [5.41, 5.74) is 0.367. The van der Waals surface area contributed by atoms with Crippen molar-refractivity contribution in [3.8, 4) is 5.75 Å². The summed E-state index contributed by atoms with van der Waals surface area (Å²) in [6, 6.07) is 9.43. The van der Waals surface area contributed by atoms with E-state index in [4.69, 9.17) is 5.11 Å². The summed E-state index contributed by atoms with van der Waals surface area (Å²) in [5, 5.41) is 11.5. The summed E-state index contributed by atoms with van der Waals surface area (Å²) >= 11 is 3.88. The number of benzene rings is 2. The van der Waals surface area contributed by atoms with Gasteiger partial charge in [-0.25, -0.2) is 17.9 Å². The third-order valence-corrected chi connectivity index (χ3v) is 2.88. The third kappa shape index (κ3) is 3.00. The number of nitrogens with zero attached hydrogens (tertiary/aromatic N) is 1. The van der Waals surface area contributed by atoms with Crippen molar-refractivity contribution in [1.82, 2.24) is 0 Å². The minimum Gasteiger partial charge on any atom is -0.503 e. The highest BCUT2D eigenvalue weighted by Gasteiger charge is 2.17. The molecule has 0 fully saturated rings. The second kappa shape index (κ2) is 5.79. The molecular weight excluding hydrogens is 286 g/mol. The fourth-order valence-electron chi connectivity index (χ4n) is 1.49. The van der Waals surface area contributed by atoms with Crippen molar-refractivity contribution >= 4 is 30.2 Å². The summed E-state index contributed by atoms with van der Waals surface area (Å²) in [6.45, 7) is 0. The lowest BCUT2D eigenvalue weighted by molar-refractivity contribution is 0.260. The van der Waals surface area contributed by atoms with Gasteiger partial charge in [0.25, 0.3) is 0 Å². The van der Waals surface area contributed by atoms with Crippen molar-refractivity contribution in [2.75, 3.05) is 9.62 Å². The van der Waals surface area contributed by atoms with Crippen molar-refractivity contribution < 1.29 is 18.7 Å². The predicted octanol–water partition coefficient (Wildman–Crippen LogP) is 3.55. The number of hydrogen-bond acceptors (Lipinski definition) is 3. The molecule has 2 N–H and O–H groups in total. The number of phenols is 1. The van der Waals surface area contributed by atoms with Gasteiger partial charge in [0.1, 0.15) is 0 Å². The monoisotopic (exact) mass is 296 g/mol. The first kappa shape index (κ1) is 14.1. The number of amides is 2. The van der Waals surface area contributed by atoms with Gasteiger partial charge < -0.3 is 10.4 Å². The first-order chi connectivity index (χ1) is 9.49. The quantitative estimate of drug-likeness (QED) is 0.742. The lowest BCUT2D eigenvalue weighted by atomic mass is 10.2. The highest BCUT2D eigenvalue weighted by Crippen LogP contribution is 2.27. The lowest BCUT2D eigenvalue weighted by Crippen LogP contribution is -2.26. The molecule has 0 aliphatic rings. The number of halogens is 2. The third-order valence-electron chi connectivity index (χ3n) is 2.46. The lowest BCUT2D eigenvalue weighted by Gasteiger charge is -2.17. The average Bonchev–Trinajstić information content (AvgIpc) is 2.44. The Balaban J connectivity index is 2.19. The summed E-state index contributed by atoms with van der Waals surface area (Å²) in [4.78, 5) is 11.9. The van der Waals surface area contributed by atoms with Gasteiger partial charge >= 0.3 is 6.03 Å². The van der Waals surface area contributed by atoms with E-state index in [1.54, 1.807) is 30.3 Å². The van der Waals surface area contributed by atoms with Crippen LogP contribution in [0, 0.1) is 11.6 Å². The number of anilines is 2. The molecule has 2 amide bonds. The molecule has 0 saturated heterocycles. The number of thiol groups is 1. The average molecular weight is 296 g/mol. The highest BCUT2D eigenvalue weighted by atomic mass is 32.1. The molecule has 0 aliphatic heterocycles. The van der Waals surface area contributed by atoms with Gasteiger partial charge in [-0.2, -0.15) is 0 Å². The van der Waals surface area contributed by atoms with Crippen LogP contribution in [0.15, 0.2) is 42.5 Å². The Bertz CT molecular complexity index is 615. The number of urea groups is 1. The Morgan fingerprint density at radius 2 is 1.70 bits per heavy atom. The van der Waals surface area contributed by atoms with Gasteiger partial charge in [0, 0.05) is 17.8 Å². The molecule has 0 aliphatic carbocycles. The number of carbonyl (C=O) groups excluding carboxylic acids is 1. The SMILES string of the molecule is O=C(Nc1ccccc1)N(S)c1cc(F)c(O)c(F)c1. The van der Waals surface area contributed by atoms with Crippen LogP contribution in [-0.4, -0.2) is 11.1 Å². The Morgan fingerprint density at radius 3 is 2.25 bits per heavy atom. The van der Waals surface area contributed by atoms with Crippen LogP contribution in [0.5, 0.6) is 5.75 Å². The molecule has 2 rings (SSSR count). The summed E-state index contributed by atoms with van der Waals surface area (Å²) in [6.07, 6.45) is 0. The van der Waals surface area contributed by atoms with Crippen LogP contribution in [0.4, 0.5) is 25.0 Å². The zero-order valence-electron chi connectivity index (χ0n) is 10.0. The molecule has 2 aromatic rings. The maximum atomic E-state index is 13.2. The van der Waals surface area contributed by atoms with Crippen molar-refractivity contribution in [2.24, 2.45) is 0 Å². The highest BCUT2D eigenvalue weighted by molar-refractivity contribution is 7.82. The van der Waals surface area contributed by atoms with E-state index in [2.05, 4.69) is 18.1 Å². The molecule has 0 aromatic heterocycles. The number of carbonyl (C=O) groups is 1. The van der Waals surface area contributed by atoms with E-state index in [9.17, 15) is 13.6 Å². The molecular formula is C13H10F2N2O2S. The van der Waals surface area contributed by atoms with Crippen LogP contribution in [0.25, 0.3) is 0 Å². The molecule has 0 atom stereocenters. The van der Waals surface area contributed by atoms with Crippen molar-refractivity contribution in [1.29, 1.82) is 0 Å². The molecule has 7 heteroatoms. The molecule has 20 heavy (non-hydrogen) atoms. The van der Waals surface area contributed by atoms with E-state index in [0.717, 1.165) is 16.4 Å². The number of aromatic hydroxyl groups is 1. The zero-order chi connectivity index (χ0) is 14.7. The molecule has 0 unspecified atom stereocenters. The van der Waals surface area contributed by atoms with Crippen LogP contribution in [0.1, 0.15) is 0 Å². The predicted molar refractivity (Wildman–Crippen MR) is 74.9 cm³/mol. The van der Waals surface area contributed by atoms with Crippen molar-refractivity contribution in [2.45, 2.75) is 0 Å². The summed E-state index contributed by atoms with van der Waals surface area (Å²) < 4.78 is 27.2. The van der Waals surface area contributed by atoms with Gasteiger partial charge in [-0.1, -0.05) is 31.0 Å². The van der Waals surface area contributed by atoms with Gasteiger partial charge in [0.2, 0.25) is 0 Å². The smallest absolute Gasteiger partial charge is 0.336 e. The standard InChI is InChI=1S/C13H10F2N2O2S/c14-10-6-9(7-11(15)12(10)18)17(20)13(19)16-8-4-2-1-3-5-8/h1-7,18,20H,(H,16,19). The second-order valence-corrected chi connectivity index (χ2v) is 4.27. The van der Waals surface area contributed by atoms with Crippen LogP contribution in [0.3, 0.4) is 0 Å². The Labute approximate surface area is 119 Å². The van der Waals surface area contributed by atoms with E-state index in [1.165, 1.54) is 0 Å². The first-order valence-electron chi connectivity index (χ1n) is 5.52. The van der Waals surface area contributed by atoms with Crippen LogP contribution < -0.4 is 9.62 Å². The molecule has 104 valence electrons. The summed E-state index contributed by atoms with van der Waals surface area (Å²) in [7, 11) is 0. The fraction of sp³-hybridized carbons (Fsp3) is 0. The molecule has 0 spiro atoms. The Kier molecular flexibility index (Phi) is 4.09. The minimum absolute atomic E-state index is 0.144. The fourth-order valence-corrected chi connectivity index (χ4v) is 1.66. The van der Waals surface area contributed by atoms with E-state index < -0.39 is 23.4 Å². The molecule has 0 bridgehead atoms. The van der Waals surface area contributed by atoms with E-state index in [1.807, 2.05) is 0 Å². The van der Waals surface area contributed by atoms with Crippen molar-refractivity contribution in [3.63, 3.8) is 0 Å². The Hall–Kier alpha value is -2.28. The number of phenolic OH excluding ortho intramolecular Hbond substituents is 1. The molecule has 0 saturated carbocycles. The number of rotatable bonds is 2. The second-order valence-electron chi connectivity index (χ2n) is 3.87. The molecule has 2 aromatic carbocycles. The van der Waals surface area contributed by atoms with E-state index >= 15 is 0 Å².